The number of pyridine rings is 1. The second-order valence-corrected chi connectivity index (χ2v) is 6.43. The molecule has 0 spiro atoms. The van der Waals surface area contributed by atoms with Crippen LogP contribution < -0.4 is 0 Å². The van der Waals surface area contributed by atoms with Crippen LogP contribution >= 0.6 is 11.8 Å². The van der Waals surface area contributed by atoms with Gasteiger partial charge in [-0.2, -0.15) is 0 Å². The average Bonchev–Trinajstić information content (AvgIpc) is 2.63. The van der Waals surface area contributed by atoms with Gasteiger partial charge in [0.25, 0.3) is 5.91 Å². The number of hydrogen-bond acceptors (Lipinski definition) is 4. The summed E-state index contributed by atoms with van der Waals surface area (Å²) >= 11 is 1.47. The minimum atomic E-state index is -0.249. The third-order valence-corrected chi connectivity index (χ3v) is 4.71. The minimum Gasteiger partial charge on any atom is -0.374 e. The lowest BCUT2D eigenvalue weighted by molar-refractivity contribution is -0.0209. The molecule has 3 rings (SSSR count). The van der Waals surface area contributed by atoms with E-state index in [1.807, 2.05) is 17.2 Å². The van der Waals surface area contributed by atoms with Crippen molar-refractivity contribution in [3.63, 3.8) is 0 Å². The summed E-state index contributed by atoms with van der Waals surface area (Å²) in [6.45, 7) is 1.60. The van der Waals surface area contributed by atoms with Gasteiger partial charge < -0.3 is 9.64 Å². The molecule has 1 aliphatic heterocycles. The first-order valence-electron chi connectivity index (χ1n) is 7.81. The summed E-state index contributed by atoms with van der Waals surface area (Å²) in [7, 11) is 0. The number of carbonyl (C=O) groups is 1. The predicted octanol–water partition coefficient (Wildman–Crippen LogP) is 3.03. The van der Waals surface area contributed by atoms with Gasteiger partial charge in [0.2, 0.25) is 0 Å². The van der Waals surface area contributed by atoms with Gasteiger partial charge in [0.05, 0.1) is 18.3 Å². The molecule has 126 valence electrons. The normalized spacial score (nSPS) is 17.8. The van der Waals surface area contributed by atoms with E-state index in [4.69, 9.17) is 4.74 Å². The number of aromatic nitrogens is 1. The molecule has 24 heavy (non-hydrogen) atoms. The molecule has 2 heterocycles. The Balaban J connectivity index is 1.68. The van der Waals surface area contributed by atoms with Crippen LogP contribution in [0.1, 0.15) is 15.9 Å². The molecule has 0 aliphatic carbocycles. The Bertz CT molecular complexity index is 708. The number of hydrogen-bond donors (Lipinski definition) is 0. The van der Waals surface area contributed by atoms with Crippen LogP contribution in [0.15, 0.2) is 47.6 Å². The van der Waals surface area contributed by atoms with Crippen molar-refractivity contribution in [2.75, 3.05) is 26.0 Å². The zero-order chi connectivity index (χ0) is 16.9. The van der Waals surface area contributed by atoms with Crippen LogP contribution in [-0.2, 0) is 11.2 Å². The van der Waals surface area contributed by atoms with Crippen molar-refractivity contribution >= 4 is 17.7 Å². The fraction of sp³-hybridized carbons (Fsp3) is 0.333. The Labute approximate surface area is 145 Å². The molecule has 6 heteroatoms. The van der Waals surface area contributed by atoms with E-state index in [-0.39, 0.29) is 17.8 Å². The standard InChI is InChI=1S/C18H19FN2O2S/c1-24-17-16(3-2-8-20-17)18(22)21-9-10-23-15(12-21)11-13-4-6-14(19)7-5-13/h2-8,15H,9-12H2,1H3/t15-/m1/s1. The molecule has 1 aliphatic rings. The summed E-state index contributed by atoms with van der Waals surface area (Å²) in [6.07, 6.45) is 4.18. The van der Waals surface area contributed by atoms with Crippen molar-refractivity contribution in [1.29, 1.82) is 0 Å². The highest BCUT2D eigenvalue weighted by Gasteiger charge is 2.26. The Hall–Kier alpha value is -1.92. The lowest BCUT2D eigenvalue weighted by atomic mass is 10.1. The number of halogens is 1. The Morgan fingerprint density at radius 1 is 1.38 bits per heavy atom. The van der Waals surface area contributed by atoms with Crippen LogP contribution in [0.4, 0.5) is 4.39 Å². The van der Waals surface area contributed by atoms with E-state index in [9.17, 15) is 9.18 Å². The van der Waals surface area contributed by atoms with Crippen LogP contribution in [0.25, 0.3) is 0 Å². The SMILES string of the molecule is CSc1ncccc1C(=O)N1CCO[C@H](Cc2ccc(F)cc2)C1. The highest BCUT2D eigenvalue weighted by atomic mass is 32.2. The Morgan fingerprint density at radius 3 is 2.92 bits per heavy atom. The van der Waals surface area contributed by atoms with Gasteiger partial charge in [-0.25, -0.2) is 9.37 Å². The van der Waals surface area contributed by atoms with E-state index in [2.05, 4.69) is 4.98 Å². The van der Waals surface area contributed by atoms with Crippen molar-refractivity contribution in [1.82, 2.24) is 9.88 Å². The molecule has 1 aromatic heterocycles. The summed E-state index contributed by atoms with van der Waals surface area (Å²) < 4.78 is 18.8. The van der Waals surface area contributed by atoms with Gasteiger partial charge in [-0.05, 0) is 36.1 Å². The molecule has 0 bridgehead atoms. The number of benzene rings is 1. The number of amides is 1. The minimum absolute atomic E-state index is 0.0140. The molecule has 0 radical (unpaired) electrons. The molecular weight excluding hydrogens is 327 g/mol. The van der Waals surface area contributed by atoms with Crippen molar-refractivity contribution in [2.45, 2.75) is 17.6 Å². The first-order chi connectivity index (χ1) is 11.7. The Kier molecular flexibility index (Phi) is 5.48. The lowest BCUT2D eigenvalue weighted by Crippen LogP contribution is -2.46. The molecule has 1 amide bonds. The largest absolute Gasteiger partial charge is 0.374 e. The highest BCUT2D eigenvalue weighted by Crippen LogP contribution is 2.20. The number of morpholine rings is 1. The van der Waals surface area contributed by atoms with Crippen LogP contribution in [0.5, 0.6) is 0 Å². The number of rotatable bonds is 4. The smallest absolute Gasteiger partial charge is 0.256 e. The van der Waals surface area contributed by atoms with Crippen molar-refractivity contribution in [3.05, 3.63) is 59.5 Å². The summed E-state index contributed by atoms with van der Waals surface area (Å²) in [5.41, 5.74) is 1.63. The number of carbonyl (C=O) groups excluding carboxylic acids is 1. The van der Waals surface area contributed by atoms with Gasteiger partial charge >= 0.3 is 0 Å². The number of thioether (sulfide) groups is 1. The lowest BCUT2D eigenvalue weighted by Gasteiger charge is -2.33. The van der Waals surface area contributed by atoms with Gasteiger partial charge in [0.15, 0.2) is 0 Å². The molecule has 1 saturated heterocycles. The summed E-state index contributed by atoms with van der Waals surface area (Å²) in [5, 5.41) is 0.740. The molecule has 1 aromatic carbocycles. The van der Waals surface area contributed by atoms with E-state index in [0.29, 0.717) is 31.7 Å². The predicted molar refractivity (Wildman–Crippen MR) is 91.8 cm³/mol. The molecular formula is C18H19FN2O2S. The monoisotopic (exact) mass is 346 g/mol. The average molecular weight is 346 g/mol. The van der Waals surface area contributed by atoms with Crippen LogP contribution in [0.3, 0.4) is 0 Å². The topological polar surface area (TPSA) is 42.4 Å². The number of ether oxygens (including phenoxy) is 1. The van der Waals surface area contributed by atoms with Crippen molar-refractivity contribution in [2.24, 2.45) is 0 Å². The van der Waals surface area contributed by atoms with E-state index in [1.54, 1.807) is 24.4 Å². The maximum atomic E-state index is 13.0. The van der Waals surface area contributed by atoms with Gasteiger partial charge in [-0.15, -0.1) is 11.8 Å². The molecule has 1 atom stereocenters. The first kappa shape index (κ1) is 16.9. The summed E-state index contributed by atoms with van der Waals surface area (Å²) in [5.74, 6) is -0.263. The van der Waals surface area contributed by atoms with Gasteiger partial charge in [-0.3, -0.25) is 4.79 Å². The fourth-order valence-corrected chi connectivity index (χ4v) is 3.34. The summed E-state index contributed by atoms with van der Waals surface area (Å²) in [6, 6.07) is 10.00. The molecule has 0 N–H and O–H groups in total. The van der Waals surface area contributed by atoms with Crippen LogP contribution in [-0.4, -0.2) is 47.8 Å². The van der Waals surface area contributed by atoms with E-state index >= 15 is 0 Å². The quantitative estimate of drug-likeness (QED) is 0.798. The van der Waals surface area contributed by atoms with Gasteiger partial charge in [-0.1, -0.05) is 12.1 Å². The number of nitrogens with zero attached hydrogens (tertiary/aromatic N) is 2. The molecule has 2 aromatic rings. The van der Waals surface area contributed by atoms with E-state index in [1.165, 1.54) is 23.9 Å². The maximum absolute atomic E-state index is 13.0. The fourth-order valence-electron chi connectivity index (χ4n) is 2.80. The van der Waals surface area contributed by atoms with Gasteiger partial charge in [0, 0.05) is 25.7 Å². The van der Waals surface area contributed by atoms with Crippen molar-refractivity contribution < 1.29 is 13.9 Å². The second-order valence-electron chi connectivity index (χ2n) is 5.63. The second kappa shape index (κ2) is 7.77. The molecule has 0 unspecified atom stereocenters. The van der Waals surface area contributed by atoms with Crippen LogP contribution in [0.2, 0.25) is 0 Å². The maximum Gasteiger partial charge on any atom is 0.256 e. The van der Waals surface area contributed by atoms with Crippen molar-refractivity contribution in [3.8, 4) is 0 Å². The molecule has 4 nitrogen and oxygen atoms in total. The molecule has 1 fully saturated rings. The third-order valence-electron chi connectivity index (χ3n) is 4.00. The highest BCUT2D eigenvalue weighted by molar-refractivity contribution is 7.98. The zero-order valence-electron chi connectivity index (χ0n) is 13.4. The molecule has 0 saturated carbocycles. The Morgan fingerprint density at radius 2 is 2.17 bits per heavy atom. The van der Waals surface area contributed by atoms with E-state index < -0.39 is 0 Å². The van der Waals surface area contributed by atoms with Gasteiger partial charge in [0.1, 0.15) is 10.8 Å². The first-order valence-corrected chi connectivity index (χ1v) is 9.04. The third kappa shape index (κ3) is 3.94. The van der Waals surface area contributed by atoms with E-state index in [0.717, 1.165) is 10.6 Å². The summed E-state index contributed by atoms with van der Waals surface area (Å²) in [4.78, 5) is 18.9. The van der Waals surface area contributed by atoms with Crippen LogP contribution in [0, 0.1) is 5.82 Å². The zero-order valence-corrected chi connectivity index (χ0v) is 14.3.